The monoisotopic (exact) mass is 465 g/mol. The molecule has 34 heavy (non-hydrogen) atoms. The SMILES string of the molecule is COc1cc2cc(c1)-c1cnn3ccc(nc13)OC[C@@H]1C[C@@H](OCC3COC3)C(=O)N1CCN2. The highest BCUT2D eigenvalue weighted by Crippen LogP contribution is 2.32. The van der Waals surface area contributed by atoms with E-state index >= 15 is 0 Å². The number of nitrogens with zero attached hydrogens (tertiary/aromatic N) is 4. The van der Waals surface area contributed by atoms with Crippen LogP contribution < -0.4 is 14.8 Å². The number of ether oxygens (including phenoxy) is 4. The number of carbonyl (C=O) groups excluding carboxylic acids is 1. The molecule has 5 heterocycles. The zero-order chi connectivity index (χ0) is 23.1. The van der Waals surface area contributed by atoms with Gasteiger partial charge in [0.25, 0.3) is 5.91 Å². The Hall–Kier alpha value is -3.37. The number of nitrogens with one attached hydrogen (secondary N) is 1. The van der Waals surface area contributed by atoms with Crippen LogP contribution in [0.4, 0.5) is 5.69 Å². The molecule has 4 bridgehead atoms. The molecule has 1 N–H and O–H groups in total. The average Bonchev–Trinajstić information content (AvgIpc) is 3.37. The number of aromatic nitrogens is 3. The Morgan fingerprint density at radius 1 is 1.24 bits per heavy atom. The van der Waals surface area contributed by atoms with Gasteiger partial charge in [0.15, 0.2) is 5.65 Å². The average molecular weight is 466 g/mol. The minimum absolute atomic E-state index is 0.00977. The molecule has 2 aromatic heterocycles. The van der Waals surface area contributed by atoms with Crippen molar-refractivity contribution in [1.29, 1.82) is 0 Å². The first-order valence-corrected chi connectivity index (χ1v) is 11.6. The quantitative estimate of drug-likeness (QED) is 0.623. The number of anilines is 1. The lowest BCUT2D eigenvalue weighted by Crippen LogP contribution is -2.41. The number of methoxy groups -OCH3 is 1. The molecule has 0 spiro atoms. The minimum Gasteiger partial charge on any atom is -0.497 e. The lowest BCUT2D eigenvalue weighted by molar-refractivity contribution is -0.142. The van der Waals surface area contributed by atoms with Gasteiger partial charge < -0.3 is 29.2 Å². The second kappa shape index (κ2) is 8.77. The van der Waals surface area contributed by atoms with Crippen molar-refractivity contribution in [3.05, 3.63) is 36.7 Å². The molecule has 0 saturated carbocycles. The van der Waals surface area contributed by atoms with Crippen molar-refractivity contribution in [3.8, 4) is 22.8 Å². The zero-order valence-electron chi connectivity index (χ0n) is 19.0. The summed E-state index contributed by atoms with van der Waals surface area (Å²) in [7, 11) is 1.64. The zero-order valence-corrected chi connectivity index (χ0v) is 19.0. The Morgan fingerprint density at radius 3 is 2.97 bits per heavy atom. The van der Waals surface area contributed by atoms with Crippen molar-refractivity contribution in [2.45, 2.75) is 18.6 Å². The van der Waals surface area contributed by atoms with E-state index < -0.39 is 6.10 Å². The van der Waals surface area contributed by atoms with Gasteiger partial charge in [-0.1, -0.05) is 0 Å². The van der Waals surface area contributed by atoms with Gasteiger partial charge in [-0.15, -0.1) is 0 Å². The number of hydrogen-bond donors (Lipinski definition) is 1. The van der Waals surface area contributed by atoms with Crippen LogP contribution in [-0.2, 0) is 14.3 Å². The Kier molecular flexibility index (Phi) is 5.46. The molecule has 0 radical (unpaired) electrons. The van der Waals surface area contributed by atoms with E-state index in [4.69, 9.17) is 23.9 Å². The molecule has 2 fully saturated rings. The molecule has 0 unspecified atom stereocenters. The predicted octanol–water partition coefficient (Wildman–Crippen LogP) is 1.84. The number of carbonyl (C=O) groups is 1. The fourth-order valence-electron chi connectivity index (χ4n) is 4.68. The van der Waals surface area contributed by atoms with Crippen LogP contribution in [-0.4, -0.2) is 84.2 Å². The van der Waals surface area contributed by atoms with Gasteiger partial charge >= 0.3 is 0 Å². The summed E-state index contributed by atoms with van der Waals surface area (Å²) in [6.45, 7) is 3.43. The second-order valence-corrected chi connectivity index (χ2v) is 8.93. The molecule has 3 aromatic rings. The summed E-state index contributed by atoms with van der Waals surface area (Å²) in [5, 5.41) is 7.88. The van der Waals surface area contributed by atoms with Gasteiger partial charge in [0.1, 0.15) is 18.5 Å². The fourth-order valence-corrected chi connectivity index (χ4v) is 4.68. The Morgan fingerprint density at radius 2 is 2.15 bits per heavy atom. The highest BCUT2D eigenvalue weighted by Gasteiger charge is 2.41. The van der Waals surface area contributed by atoms with E-state index in [0.29, 0.717) is 63.4 Å². The highest BCUT2D eigenvalue weighted by molar-refractivity contribution is 5.84. The molecular weight excluding hydrogens is 438 g/mol. The molecule has 6 rings (SSSR count). The first-order valence-electron chi connectivity index (χ1n) is 11.6. The van der Waals surface area contributed by atoms with Crippen LogP contribution in [0.3, 0.4) is 0 Å². The maximum Gasteiger partial charge on any atom is 0.252 e. The normalized spacial score (nSPS) is 22.6. The molecule has 1 aromatic carbocycles. The van der Waals surface area contributed by atoms with Gasteiger partial charge in [-0.25, -0.2) is 4.52 Å². The maximum absolute atomic E-state index is 13.2. The molecular formula is C24H27N5O5. The lowest BCUT2D eigenvalue weighted by Gasteiger charge is -2.26. The third-order valence-electron chi connectivity index (χ3n) is 6.63. The van der Waals surface area contributed by atoms with Crippen LogP contribution in [0.15, 0.2) is 36.7 Å². The molecule has 0 aliphatic carbocycles. The molecule has 10 nitrogen and oxygen atoms in total. The van der Waals surface area contributed by atoms with E-state index in [1.807, 2.05) is 29.3 Å². The van der Waals surface area contributed by atoms with Crippen LogP contribution in [0, 0.1) is 5.92 Å². The van der Waals surface area contributed by atoms with Gasteiger partial charge in [-0.3, -0.25) is 4.79 Å². The van der Waals surface area contributed by atoms with Gasteiger partial charge in [-0.2, -0.15) is 10.1 Å². The molecule has 2 atom stereocenters. The largest absolute Gasteiger partial charge is 0.497 e. The van der Waals surface area contributed by atoms with Crippen LogP contribution in [0.2, 0.25) is 0 Å². The third-order valence-corrected chi connectivity index (χ3v) is 6.63. The van der Waals surface area contributed by atoms with Gasteiger partial charge in [0, 0.05) is 55.0 Å². The summed E-state index contributed by atoms with van der Waals surface area (Å²) >= 11 is 0. The summed E-state index contributed by atoms with van der Waals surface area (Å²) in [5.41, 5.74) is 3.41. The van der Waals surface area contributed by atoms with Crippen molar-refractivity contribution in [2.24, 2.45) is 5.92 Å². The molecule has 178 valence electrons. The maximum atomic E-state index is 13.2. The molecule has 1 amide bonds. The predicted molar refractivity (Wildman–Crippen MR) is 123 cm³/mol. The van der Waals surface area contributed by atoms with E-state index in [1.165, 1.54) is 0 Å². The van der Waals surface area contributed by atoms with Crippen LogP contribution in [0.1, 0.15) is 6.42 Å². The summed E-state index contributed by atoms with van der Waals surface area (Å²) in [5.74, 6) is 1.61. The number of rotatable bonds is 4. The minimum atomic E-state index is -0.454. The van der Waals surface area contributed by atoms with Crippen LogP contribution >= 0.6 is 0 Å². The molecule has 2 saturated heterocycles. The number of benzene rings is 1. The lowest BCUT2D eigenvalue weighted by atomic mass is 10.1. The smallest absolute Gasteiger partial charge is 0.252 e. The van der Waals surface area contributed by atoms with E-state index in [-0.39, 0.29) is 11.9 Å². The van der Waals surface area contributed by atoms with Crippen molar-refractivity contribution in [2.75, 3.05) is 51.9 Å². The first-order chi connectivity index (χ1) is 16.7. The Balaban J connectivity index is 1.31. The van der Waals surface area contributed by atoms with Crippen LogP contribution in [0.25, 0.3) is 16.8 Å². The third kappa shape index (κ3) is 3.92. The second-order valence-electron chi connectivity index (χ2n) is 8.93. The summed E-state index contributed by atoms with van der Waals surface area (Å²) in [4.78, 5) is 19.8. The molecule has 3 aliphatic rings. The fraction of sp³-hybridized carbons (Fsp3) is 0.458. The van der Waals surface area contributed by atoms with Crippen molar-refractivity contribution in [3.63, 3.8) is 0 Å². The summed E-state index contributed by atoms with van der Waals surface area (Å²) in [6, 6.07) is 7.64. The number of hydrogen-bond acceptors (Lipinski definition) is 8. The standard InChI is InChI=1S/C24H27N5O5/c1-31-19-7-16-6-17(8-19)25-3-5-28-18(9-21(24(28)30)33-13-15-11-32-12-15)14-34-22-2-4-29-23(27-22)20(16)10-26-29/h2,4,6-8,10,15,18,21,25H,3,5,9,11-14H2,1H3/t18-,21+/m0/s1. The molecule has 3 aliphatic heterocycles. The topological polar surface area (TPSA) is 99.5 Å². The first kappa shape index (κ1) is 21.2. The number of amides is 1. The van der Waals surface area contributed by atoms with Crippen molar-refractivity contribution >= 4 is 17.2 Å². The van der Waals surface area contributed by atoms with Crippen molar-refractivity contribution < 1.29 is 23.7 Å². The Bertz CT molecular complexity index is 1210. The highest BCUT2D eigenvalue weighted by atomic mass is 16.5. The van der Waals surface area contributed by atoms with E-state index in [0.717, 1.165) is 22.6 Å². The summed E-state index contributed by atoms with van der Waals surface area (Å²) in [6.07, 6.45) is 3.76. The van der Waals surface area contributed by atoms with Crippen molar-refractivity contribution in [1.82, 2.24) is 19.5 Å². The van der Waals surface area contributed by atoms with E-state index in [2.05, 4.69) is 10.4 Å². The number of fused-ring (bicyclic) bond motifs is 5. The molecule has 10 heteroatoms. The summed E-state index contributed by atoms with van der Waals surface area (Å²) < 4.78 is 24.5. The van der Waals surface area contributed by atoms with E-state index in [1.54, 1.807) is 23.9 Å². The van der Waals surface area contributed by atoms with Gasteiger partial charge in [0.2, 0.25) is 5.88 Å². The Labute approximate surface area is 196 Å². The van der Waals surface area contributed by atoms with Gasteiger partial charge in [-0.05, 0) is 17.7 Å². The van der Waals surface area contributed by atoms with Gasteiger partial charge in [0.05, 0.1) is 39.2 Å². The van der Waals surface area contributed by atoms with E-state index in [9.17, 15) is 4.79 Å². The van der Waals surface area contributed by atoms with Crippen LogP contribution in [0.5, 0.6) is 11.6 Å².